The van der Waals surface area contributed by atoms with E-state index in [1.807, 2.05) is 44.2 Å². The molecule has 0 unspecified atom stereocenters. The van der Waals surface area contributed by atoms with Crippen LogP contribution in [0.25, 0.3) is 11.0 Å². The van der Waals surface area contributed by atoms with Gasteiger partial charge in [-0.25, -0.2) is 4.98 Å². The predicted molar refractivity (Wildman–Crippen MR) is 90.2 cm³/mol. The van der Waals surface area contributed by atoms with Crippen LogP contribution in [0.15, 0.2) is 42.6 Å². The van der Waals surface area contributed by atoms with Gasteiger partial charge in [0.2, 0.25) is 5.91 Å². The van der Waals surface area contributed by atoms with Crippen molar-refractivity contribution in [3.8, 4) is 0 Å². The third-order valence-corrected chi connectivity index (χ3v) is 3.84. The quantitative estimate of drug-likeness (QED) is 0.787. The SMILES string of the molecule is Cc1ccc(CC(=O)NCCn2c(C)nc3ccccc32)cn1. The number of pyridine rings is 1. The first-order valence-corrected chi connectivity index (χ1v) is 7.73. The summed E-state index contributed by atoms with van der Waals surface area (Å²) in [6.07, 6.45) is 2.11. The third-order valence-electron chi connectivity index (χ3n) is 3.84. The molecule has 2 aromatic heterocycles. The van der Waals surface area contributed by atoms with Crippen LogP contribution < -0.4 is 5.32 Å². The molecule has 0 bridgehead atoms. The summed E-state index contributed by atoms with van der Waals surface area (Å²) in [6.45, 7) is 5.21. The molecule has 1 N–H and O–H groups in total. The molecule has 2 heterocycles. The van der Waals surface area contributed by atoms with Crippen LogP contribution in [0.2, 0.25) is 0 Å². The summed E-state index contributed by atoms with van der Waals surface area (Å²) >= 11 is 0. The molecular formula is C18H20N4O. The highest BCUT2D eigenvalue weighted by Crippen LogP contribution is 2.14. The maximum Gasteiger partial charge on any atom is 0.224 e. The highest BCUT2D eigenvalue weighted by atomic mass is 16.1. The van der Waals surface area contributed by atoms with Crippen LogP contribution in [0.1, 0.15) is 17.1 Å². The van der Waals surface area contributed by atoms with Gasteiger partial charge in [-0.3, -0.25) is 9.78 Å². The summed E-state index contributed by atoms with van der Waals surface area (Å²) in [7, 11) is 0. The maximum absolute atomic E-state index is 12.0. The fourth-order valence-electron chi connectivity index (χ4n) is 2.64. The summed E-state index contributed by atoms with van der Waals surface area (Å²) in [5.41, 5.74) is 3.97. The second-order valence-electron chi connectivity index (χ2n) is 5.63. The number of nitrogens with zero attached hydrogens (tertiary/aromatic N) is 3. The molecule has 5 heteroatoms. The first-order valence-electron chi connectivity index (χ1n) is 7.73. The molecule has 3 rings (SSSR count). The van der Waals surface area contributed by atoms with E-state index in [-0.39, 0.29) is 5.91 Å². The van der Waals surface area contributed by atoms with Crippen LogP contribution >= 0.6 is 0 Å². The Balaban J connectivity index is 1.57. The highest BCUT2D eigenvalue weighted by Gasteiger charge is 2.07. The van der Waals surface area contributed by atoms with E-state index in [0.717, 1.165) is 28.1 Å². The minimum absolute atomic E-state index is 0.0118. The van der Waals surface area contributed by atoms with Crippen LogP contribution in [0.3, 0.4) is 0 Å². The van der Waals surface area contributed by atoms with Gasteiger partial charge in [0.25, 0.3) is 0 Å². The minimum Gasteiger partial charge on any atom is -0.354 e. The number of imidazole rings is 1. The van der Waals surface area contributed by atoms with E-state index in [0.29, 0.717) is 19.5 Å². The molecule has 3 aromatic rings. The largest absolute Gasteiger partial charge is 0.354 e. The van der Waals surface area contributed by atoms with E-state index in [9.17, 15) is 4.79 Å². The van der Waals surface area contributed by atoms with Crippen LogP contribution in [0, 0.1) is 13.8 Å². The number of rotatable bonds is 5. The molecule has 0 saturated carbocycles. The fourth-order valence-corrected chi connectivity index (χ4v) is 2.64. The normalized spacial score (nSPS) is 10.9. The standard InChI is InChI=1S/C18H20N4O/c1-13-7-8-15(12-20-13)11-18(23)19-9-10-22-14(2)21-16-5-3-4-6-17(16)22/h3-8,12H,9-11H2,1-2H3,(H,19,23). The van der Waals surface area contributed by atoms with Gasteiger partial charge in [0.1, 0.15) is 5.82 Å². The topological polar surface area (TPSA) is 59.8 Å². The Morgan fingerprint density at radius 1 is 1.17 bits per heavy atom. The van der Waals surface area contributed by atoms with Gasteiger partial charge in [-0.1, -0.05) is 18.2 Å². The van der Waals surface area contributed by atoms with Crippen molar-refractivity contribution in [3.05, 3.63) is 59.7 Å². The average Bonchev–Trinajstić information content (AvgIpc) is 2.86. The molecule has 0 radical (unpaired) electrons. The number of carbonyl (C=O) groups excluding carboxylic acids is 1. The average molecular weight is 308 g/mol. The first kappa shape index (κ1) is 15.2. The zero-order valence-corrected chi connectivity index (χ0v) is 13.4. The molecule has 0 aliphatic heterocycles. The van der Waals surface area contributed by atoms with Gasteiger partial charge in [-0.2, -0.15) is 0 Å². The second kappa shape index (κ2) is 6.60. The Kier molecular flexibility index (Phi) is 4.37. The predicted octanol–water partition coefficient (Wildman–Crippen LogP) is 2.41. The molecule has 0 aliphatic carbocycles. The van der Waals surface area contributed by atoms with Gasteiger partial charge in [-0.05, 0) is 37.6 Å². The van der Waals surface area contributed by atoms with E-state index < -0.39 is 0 Å². The fraction of sp³-hybridized carbons (Fsp3) is 0.278. The monoisotopic (exact) mass is 308 g/mol. The van der Waals surface area contributed by atoms with E-state index in [2.05, 4.69) is 25.9 Å². The molecule has 0 spiro atoms. The van der Waals surface area contributed by atoms with Gasteiger partial charge in [0, 0.05) is 25.0 Å². The van der Waals surface area contributed by atoms with Gasteiger partial charge in [0.15, 0.2) is 0 Å². The summed E-state index contributed by atoms with van der Waals surface area (Å²) in [4.78, 5) is 20.7. The molecular weight excluding hydrogens is 288 g/mol. The van der Waals surface area contributed by atoms with E-state index in [4.69, 9.17) is 0 Å². The Morgan fingerprint density at radius 2 is 2.00 bits per heavy atom. The van der Waals surface area contributed by atoms with Gasteiger partial charge in [-0.15, -0.1) is 0 Å². The third kappa shape index (κ3) is 3.56. The Hall–Kier alpha value is -2.69. The second-order valence-corrected chi connectivity index (χ2v) is 5.63. The van der Waals surface area contributed by atoms with Crippen molar-refractivity contribution in [3.63, 3.8) is 0 Å². The molecule has 0 fully saturated rings. The number of benzene rings is 1. The summed E-state index contributed by atoms with van der Waals surface area (Å²) in [6, 6.07) is 11.9. The molecule has 0 saturated heterocycles. The molecule has 1 amide bonds. The van der Waals surface area contributed by atoms with Gasteiger partial charge < -0.3 is 9.88 Å². The number of amides is 1. The van der Waals surface area contributed by atoms with Gasteiger partial charge >= 0.3 is 0 Å². The van der Waals surface area contributed by atoms with E-state index >= 15 is 0 Å². The lowest BCUT2D eigenvalue weighted by atomic mass is 10.2. The Bertz CT molecular complexity index is 821. The van der Waals surface area contributed by atoms with Crippen molar-refractivity contribution in [2.24, 2.45) is 0 Å². The zero-order chi connectivity index (χ0) is 16.2. The molecule has 118 valence electrons. The number of nitrogens with one attached hydrogen (secondary N) is 1. The van der Waals surface area contributed by atoms with Crippen LogP contribution in [0.4, 0.5) is 0 Å². The lowest BCUT2D eigenvalue weighted by Gasteiger charge is -2.09. The lowest BCUT2D eigenvalue weighted by Crippen LogP contribution is -2.28. The minimum atomic E-state index is 0.0118. The van der Waals surface area contributed by atoms with Crippen molar-refractivity contribution in [1.82, 2.24) is 19.9 Å². The van der Waals surface area contributed by atoms with Gasteiger partial charge in [0.05, 0.1) is 17.5 Å². The molecule has 23 heavy (non-hydrogen) atoms. The Morgan fingerprint density at radius 3 is 2.78 bits per heavy atom. The van der Waals surface area contributed by atoms with Crippen molar-refractivity contribution in [2.45, 2.75) is 26.8 Å². The smallest absolute Gasteiger partial charge is 0.224 e. The molecule has 5 nitrogen and oxygen atoms in total. The van der Waals surface area contributed by atoms with Crippen LogP contribution in [0.5, 0.6) is 0 Å². The molecule has 0 aliphatic rings. The summed E-state index contributed by atoms with van der Waals surface area (Å²) < 4.78 is 2.13. The number of carbonyl (C=O) groups is 1. The first-order chi connectivity index (χ1) is 11.1. The molecule has 0 atom stereocenters. The summed E-state index contributed by atoms with van der Waals surface area (Å²) in [5.74, 6) is 0.973. The zero-order valence-electron chi connectivity index (χ0n) is 13.4. The van der Waals surface area contributed by atoms with Crippen molar-refractivity contribution in [1.29, 1.82) is 0 Å². The highest BCUT2D eigenvalue weighted by molar-refractivity contribution is 5.78. The number of aryl methyl sites for hydroxylation is 2. The lowest BCUT2D eigenvalue weighted by molar-refractivity contribution is -0.120. The van der Waals surface area contributed by atoms with Crippen molar-refractivity contribution < 1.29 is 4.79 Å². The maximum atomic E-state index is 12.0. The van der Waals surface area contributed by atoms with Crippen molar-refractivity contribution >= 4 is 16.9 Å². The number of hydrogen-bond donors (Lipinski definition) is 1. The number of para-hydroxylation sites is 2. The number of fused-ring (bicyclic) bond motifs is 1. The van der Waals surface area contributed by atoms with Crippen LogP contribution in [-0.2, 0) is 17.8 Å². The number of aromatic nitrogens is 3. The van der Waals surface area contributed by atoms with Crippen LogP contribution in [-0.4, -0.2) is 27.0 Å². The van der Waals surface area contributed by atoms with E-state index in [1.54, 1.807) is 6.20 Å². The number of hydrogen-bond acceptors (Lipinski definition) is 3. The van der Waals surface area contributed by atoms with Crippen molar-refractivity contribution in [2.75, 3.05) is 6.54 Å². The molecule has 1 aromatic carbocycles. The van der Waals surface area contributed by atoms with E-state index in [1.165, 1.54) is 0 Å². The summed E-state index contributed by atoms with van der Waals surface area (Å²) in [5, 5.41) is 2.96. The Labute approximate surface area is 135 Å².